The smallest absolute Gasteiger partial charge is 0.239 e. The molecule has 4 nitrogen and oxygen atoms in total. The van der Waals surface area contributed by atoms with Crippen LogP contribution >= 0.6 is 0 Å². The van der Waals surface area contributed by atoms with Gasteiger partial charge in [0.05, 0.1) is 0 Å². The highest BCUT2D eigenvalue weighted by Gasteiger charge is 2.49. The number of hydrogen-bond acceptors (Lipinski definition) is 3. The monoisotopic (exact) mass is 225 g/mol. The van der Waals surface area contributed by atoms with Crippen molar-refractivity contribution in [3.8, 4) is 0 Å². The van der Waals surface area contributed by atoms with Gasteiger partial charge < -0.3 is 16.0 Å². The fraction of sp³-hybridized carbons (Fsp3) is 0.917. The highest BCUT2D eigenvalue weighted by molar-refractivity contribution is 5.86. The van der Waals surface area contributed by atoms with E-state index in [1.54, 1.807) is 0 Å². The van der Waals surface area contributed by atoms with Crippen molar-refractivity contribution < 1.29 is 4.79 Å². The molecule has 92 valence electrons. The number of rotatable bonds is 5. The van der Waals surface area contributed by atoms with Crippen LogP contribution in [0.4, 0.5) is 0 Å². The number of piperidine rings is 1. The summed E-state index contributed by atoms with van der Waals surface area (Å²) < 4.78 is 0. The summed E-state index contributed by atoms with van der Waals surface area (Å²) in [6.07, 6.45) is 6.10. The van der Waals surface area contributed by atoms with Gasteiger partial charge in [0.25, 0.3) is 0 Å². The maximum atomic E-state index is 11.7. The van der Waals surface area contributed by atoms with E-state index in [4.69, 9.17) is 5.73 Å². The SMILES string of the molecule is CNC(CN1CCCCC1)(C(N)=O)C1CC1. The number of amides is 1. The van der Waals surface area contributed by atoms with E-state index >= 15 is 0 Å². The van der Waals surface area contributed by atoms with Crippen molar-refractivity contribution in [3.05, 3.63) is 0 Å². The molecule has 1 atom stereocenters. The van der Waals surface area contributed by atoms with E-state index in [0.717, 1.165) is 32.5 Å². The summed E-state index contributed by atoms with van der Waals surface area (Å²) in [5.41, 5.74) is 5.14. The Bertz CT molecular complexity index is 259. The summed E-state index contributed by atoms with van der Waals surface area (Å²) in [6.45, 7) is 3.02. The summed E-state index contributed by atoms with van der Waals surface area (Å²) in [5, 5.41) is 3.21. The minimum Gasteiger partial charge on any atom is -0.368 e. The Hall–Kier alpha value is -0.610. The lowest BCUT2D eigenvalue weighted by molar-refractivity contribution is -0.126. The lowest BCUT2D eigenvalue weighted by atomic mass is 9.91. The zero-order valence-corrected chi connectivity index (χ0v) is 10.2. The Morgan fingerprint density at radius 1 is 1.38 bits per heavy atom. The average molecular weight is 225 g/mol. The predicted molar refractivity (Wildman–Crippen MR) is 64.0 cm³/mol. The molecule has 1 aliphatic carbocycles. The van der Waals surface area contributed by atoms with Crippen molar-refractivity contribution in [1.29, 1.82) is 0 Å². The van der Waals surface area contributed by atoms with Crippen LogP contribution < -0.4 is 11.1 Å². The number of hydrogen-bond donors (Lipinski definition) is 2. The molecule has 16 heavy (non-hydrogen) atoms. The second-order valence-corrected chi connectivity index (χ2v) is 5.20. The van der Waals surface area contributed by atoms with Gasteiger partial charge in [-0.05, 0) is 51.7 Å². The van der Waals surface area contributed by atoms with Crippen molar-refractivity contribution in [2.24, 2.45) is 11.7 Å². The molecule has 1 unspecified atom stereocenters. The fourth-order valence-electron chi connectivity index (χ4n) is 2.86. The molecular weight excluding hydrogens is 202 g/mol. The van der Waals surface area contributed by atoms with E-state index in [2.05, 4.69) is 10.2 Å². The summed E-state index contributed by atoms with van der Waals surface area (Å²) in [5.74, 6) is 0.278. The van der Waals surface area contributed by atoms with Crippen LogP contribution in [0.1, 0.15) is 32.1 Å². The van der Waals surface area contributed by atoms with Gasteiger partial charge in [0.1, 0.15) is 5.54 Å². The third-order valence-corrected chi connectivity index (χ3v) is 4.08. The summed E-state index contributed by atoms with van der Waals surface area (Å²) in [4.78, 5) is 14.1. The third kappa shape index (κ3) is 2.23. The normalized spacial score (nSPS) is 26.3. The molecule has 0 aromatic rings. The topological polar surface area (TPSA) is 58.4 Å². The minimum absolute atomic E-state index is 0.178. The van der Waals surface area contributed by atoms with E-state index in [-0.39, 0.29) is 5.91 Å². The van der Waals surface area contributed by atoms with E-state index in [9.17, 15) is 4.79 Å². The molecule has 2 rings (SSSR count). The van der Waals surface area contributed by atoms with Crippen LogP contribution in [0.25, 0.3) is 0 Å². The quantitative estimate of drug-likeness (QED) is 0.709. The molecule has 0 aromatic carbocycles. The van der Waals surface area contributed by atoms with Gasteiger partial charge in [-0.25, -0.2) is 0 Å². The summed E-state index contributed by atoms with van der Waals surface area (Å²) >= 11 is 0. The Morgan fingerprint density at radius 3 is 2.44 bits per heavy atom. The van der Waals surface area contributed by atoms with Crippen LogP contribution in [-0.4, -0.2) is 43.0 Å². The minimum atomic E-state index is -0.475. The maximum Gasteiger partial charge on any atom is 0.239 e. The van der Waals surface area contributed by atoms with Gasteiger partial charge >= 0.3 is 0 Å². The van der Waals surface area contributed by atoms with Gasteiger partial charge in [0.2, 0.25) is 5.91 Å². The lowest BCUT2D eigenvalue weighted by Crippen LogP contribution is -2.62. The van der Waals surface area contributed by atoms with Crippen LogP contribution in [0.2, 0.25) is 0 Å². The van der Waals surface area contributed by atoms with Crippen LogP contribution in [0.3, 0.4) is 0 Å². The molecule has 0 spiro atoms. The van der Waals surface area contributed by atoms with Crippen molar-refractivity contribution in [1.82, 2.24) is 10.2 Å². The van der Waals surface area contributed by atoms with Crippen LogP contribution in [0.5, 0.6) is 0 Å². The zero-order valence-electron chi connectivity index (χ0n) is 10.2. The second-order valence-electron chi connectivity index (χ2n) is 5.20. The van der Waals surface area contributed by atoms with Crippen LogP contribution in [0.15, 0.2) is 0 Å². The Labute approximate surface area is 97.6 Å². The van der Waals surface area contributed by atoms with Gasteiger partial charge in [-0.1, -0.05) is 6.42 Å². The lowest BCUT2D eigenvalue weighted by Gasteiger charge is -2.37. The highest BCUT2D eigenvalue weighted by atomic mass is 16.1. The number of likely N-dealkylation sites (tertiary alicyclic amines) is 1. The molecule has 0 bridgehead atoms. The van der Waals surface area contributed by atoms with E-state index in [0.29, 0.717) is 5.92 Å². The number of likely N-dealkylation sites (N-methyl/N-ethyl adjacent to an activating group) is 1. The first-order valence-electron chi connectivity index (χ1n) is 6.40. The summed E-state index contributed by atoms with van der Waals surface area (Å²) in [6, 6.07) is 0. The Morgan fingerprint density at radius 2 is 2.00 bits per heavy atom. The molecule has 1 heterocycles. The number of carbonyl (C=O) groups is 1. The number of nitrogens with zero attached hydrogens (tertiary/aromatic N) is 1. The van der Waals surface area contributed by atoms with Crippen LogP contribution in [-0.2, 0) is 4.79 Å². The zero-order chi connectivity index (χ0) is 11.6. The van der Waals surface area contributed by atoms with Crippen molar-refractivity contribution in [2.75, 3.05) is 26.7 Å². The largest absolute Gasteiger partial charge is 0.368 e. The third-order valence-electron chi connectivity index (χ3n) is 4.08. The van der Waals surface area contributed by atoms with E-state index in [1.807, 2.05) is 7.05 Å². The molecule has 1 amide bonds. The van der Waals surface area contributed by atoms with Gasteiger partial charge in [0.15, 0.2) is 0 Å². The maximum absolute atomic E-state index is 11.7. The molecule has 4 heteroatoms. The van der Waals surface area contributed by atoms with Crippen molar-refractivity contribution in [2.45, 2.75) is 37.6 Å². The predicted octanol–water partition coefficient (Wildman–Crippen LogP) is 0.326. The molecule has 0 aromatic heterocycles. The molecule has 2 aliphatic rings. The second kappa shape index (κ2) is 4.72. The van der Waals surface area contributed by atoms with E-state index < -0.39 is 5.54 Å². The number of primary amides is 1. The highest BCUT2D eigenvalue weighted by Crippen LogP contribution is 2.40. The van der Waals surface area contributed by atoms with Gasteiger partial charge in [0, 0.05) is 6.54 Å². The van der Waals surface area contributed by atoms with Gasteiger partial charge in [-0.3, -0.25) is 4.79 Å². The number of nitrogens with one attached hydrogen (secondary N) is 1. The number of carbonyl (C=O) groups excluding carboxylic acids is 1. The molecule has 0 radical (unpaired) electrons. The Kier molecular flexibility index (Phi) is 3.50. The number of nitrogens with two attached hydrogens (primary N) is 1. The molecule has 1 saturated heterocycles. The standard InChI is InChI=1S/C12H23N3O/c1-14-12(11(13)16,10-5-6-10)9-15-7-3-2-4-8-15/h10,14H,2-9H2,1H3,(H2,13,16). The summed E-state index contributed by atoms with van der Waals surface area (Å²) in [7, 11) is 1.87. The first-order chi connectivity index (χ1) is 7.69. The van der Waals surface area contributed by atoms with Crippen molar-refractivity contribution >= 4 is 5.91 Å². The molecular formula is C12H23N3O. The average Bonchev–Trinajstić information content (AvgIpc) is 3.11. The Balaban J connectivity index is 2.03. The molecule has 2 fully saturated rings. The first kappa shape index (κ1) is 11.9. The first-order valence-corrected chi connectivity index (χ1v) is 6.40. The van der Waals surface area contributed by atoms with Crippen molar-refractivity contribution in [3.63, 3.8) is 0 Å². The van der Waals surface area contributed by atoms with Crippen LogP contribution in [0, 0.1) is 5.92 Å². The molecule has 1 aliphatic heterocycles. The van der Waals surface area contributed by atoms with Gasteiger partial charge in [-0.15, -0.1) is 0 Å². The molecule has 1 saturated carbocycles. The molecule has 3 N–H and O–H groups in total. The fourth-order valence-corrected chi connectivity index (χ4v) is 2.86. The van der Waals surface area contributed by atoms with E-state index in [1.165, 1.54) is 19.3 Å². The van der Waals surface area contributed by atoms with Gasteiger partial charge in [-0.2, -0.15) is 0 Å².